The lowest BCUT2D eigenvalue weighted by Crippen LogP contribution is -2.19. The Labute approximate surface area is 184 Å². The van der Waals surface area contributed by atoms with Gasteiger partial charge in [0.15, 0.2) is 0 Å². The molecule has 0 bridgehead atoms. The van der Waals surface area contributed by atoms with E-state index in [0.717, 1.165) is 23.4 Å². The van der Waals surface area contributed by atoms with Crippen molar-refractivity contribution < 1.29 is 27.2 Å². The summed E-state index contributed by atoms with van der Waals surface area (Å²) in [5, 5.41) is 6.47. The lowest BCUT2D eigenvalue weighted by atomic mass is 10.1. The first-order valence-corrected chi connectivity index (χ1v) is 9.86. The second-order valence-corrected chi connectivity index (χ2v) is 7.58. The van der Waals surface area contributed by atoms with Gasteiger partial charge in [-0.15, -0.1) is 0 Å². The van der Waals surface area contributed by atoms with Crippen molar-refractivity contribution in [2.75, 3.05) is 24.3 Å². The number of nitrogens with zero attached hydrogens (tertiary/aromatic N) is 2. The van der Waals surface area contributed by atoms with E-state index in [4.69, 9.17) is 9.26 Å². The van der Waals surface area contributed by atoms with Crippen molar-refractivity contribution in [2.24, 2.45) is 0 Å². The number of ether oxygens (including phenoxy) is 1. The molecule has 32 heavy (non-hydrogen) atoms. The number of hydrogen-bond acceptors (Lipinski definition) is 5. The van der Waals surface area contributed by atoms with Gasteiger partial charge in [-0.1, -0.05) is 17.3 Å². The highest BCUT2D eigenvalue weighted by molar-refractivity contribution is 5.95. The number of carbonyl (C=O) groups is 1. The zero-order chi connectivity index (χ0) is 23.5. The zero-order valence-corrected chi connectivity index (χ0v) is 18.2. The molecule has 0 spiro atoms. The van der Waals surface area contributed by atoms with E-state index in [2.05, 4.69) is 10.5 Å². The molecule has 3 rings (SSSR count). The summed E-state index contributed by atoms with van der Waals surface area (Å²) in [6, 6.07) is 10.2. The largest absolute Gasteiger partial charge is 0.489 e. The van der Waals surface area contributed by atoms with Crippen molar-refractivity contribution in [1.29, 1.82) is 0 Å². The van der Waals surface area contributed by atoms with Gasteiger partial charge in [0, 0.05) is 14.1 Å². The van der Waals surface area contributed by atoms with Crippen molar-refractivity contribution in [3.63, 3.8) is 0 Å². The van der Waals surface area contributed by atoms with Crippen LogP contribution in [0.4, 0.5) is 24.5 Å². The molecule has 1 heterocycles. The van der Waals surface area contributed by atoms with Gasteiger partial charge in [-0.05, 0) is 49.7 Å². The molecule has 0 saturated carbocycles. The third-order valence-electron chi connectivity index (χ3n) is 4.93. The number of alkyl halides is 3. The van der Waals surface area contributed by atoms with E-state index in [1.165, 1.54) is 6.07 Å². The summed E-state index contributed by atoms with van der Waals surface area (Å²) in [5.41, 5.74) is 2.11. The molecule has 0 radical (unpaired) electrons. The first-order valence-electron chi connectivity index (χ1n) is 9.86. The third-order valence-corrected chi connectivity index (χ3v) is 4.93. The standard InChI is InChI=1S/C23H24F3N3O3/c1-14-19(15(2)32-28-14)13-31-18-8-5-16(6-9-18)11-22(30)27-20-12-17(23(24,25)26)7-10-21(20)29(3)4/h5-10,12H,11,13H2,1-4H3,(H,27,30). The number of anilines is 2. The Morgan fingerprint density at radius 3 is 2.38 bits per heavy atom. The van der Waals surface area contributed by atoms with Gasteiger partial charge in [-0.25, -0.2) is 0 Å². The number of rotatable bonds is 7. The fourth-order valence-electron chi connectivity index (χ4n) is 3.15. The minimum Gasteiger partial charge on any atom is -0.489 e. The second kappa shape index (κ2) is 9.33. The average molecular weight is 447 g/mol. The molecule has 0 aliphatic carbocycles. The zero-order valence-electron chi connectivity index (χ0n) is 18.2. The summed E-state index contributed by atoms with van der Waals surface area (Å²) in [4.78, 5) is 14.1. The summed E-state index contributed by atoms with van der Waals surface area (Å²) in [5.74, 6) is 0.890. The van der Waals surface area contributed by atoms with Crippen molar-refractivity contribution in [3.8, 4) is 5.75 Å². The molecule has 0 atom stereocenters. The summed E-state index contributed by atoms with van der Waals surface area (Å²) in [6.07, 6.45) is -4.49. The van der Waals surface area contributed by atoms with E-state index in [0.29, 0.717) is 29.4 Å². The van der Waals surface area contributed by atoms with Crippen LogP contribution in [0, 0.1) is 13.8 Å². The molecule has 3 aromatic rings. The van der Waals surface area contributed by atoms with Crippen LogP contribution in [-0.4, -0.2) is 25.2 Å². The van der Waals surface area contributed by atoms with Crippen LogP contribution in [0.2, 0.25) is 0 Å². The van der Waals surface area contributed by atoms with Crippen LogP contribution < -0.4 is 15.0 Å². The summed E-state index contributed by atoms with van der Waals surface area (Å²) in [6.45, 7) is 3.96. The van der Waals surface area contributed by atoms with Crippen LogP contribution in [0.15, 0.2) is 47.0 Å². The van der Waals surface area contributed by atoms with Gasteiger partial charge in [-0.2, -0.15) is 13.2 Å². The Morgan fingerprint density at radius 1 is 1.12 bits per heavy atom. The highest BCUT2D eigenvalue weighted by atomic mass is 19.4. The molecule has 6 nitrogen and oxygen atoms in total. The topological polar surface area (TPSA) is 67.6 Å². The molecular weight excluding hydrogens is 423 g/mol. The number of halogens is 3. The third kappa shape index (κ3) is 5.60. The van der Waals surface area contributed by atoms with Crippen LogP contribution in [0.3, 0.4) is 0 Å². The lowest BCUT2D eigenvalue weighted by Gasteiger charge is -2.20. The van der Waals surface area contributed by atoms with Crippen LogP contribution in [0.1, 0.15) is 28.1 Å². The molecule has 1 aromatic heterocycles. The summed E-state index contributed by atoms with van der Waals surface area (Å²) < 4.78 is 50.1. The Hall–Kier alpha value is -3.49. The van der Waals surface area contributed by atoms with E-state index in [1.54, 1.807) is 43.3 Å². The SMILES string of the molecule is Cc1noc(C)c1COc1ccc(CC(=O)Nc2cc(C(F)(F)F)ccc2N(C)C)cc1. The predicted octanol–water partition coefficient (Wildman–Crippen LogP) is 5.14. The van der Waals surface area contributed by atoms with E-state index < -0.39 is 17.6 Å². The highest BCUT2D eigenvalue weighted by Gasteiger charge is 2.31. The normalized spacial score (nSPS) is 11.3. The fourth-order valence-corrected chi connectivity index (χ4v) is 3.15. The van der Waals surface area contributed by atoms with Crippen molar-refractivity contribution in [2.45, 2.75) is 33.1 Å². The number of nitrogens with one attached hydrogen (secondary N) is 1. The van der Waals surface area contributed by atoms with Crippen LogP contribution >= 0.6 is 0 Å². The molecule has 170 valence electrons. The molecule has 1 N–H and O–H groups in total. The number of aromatic nitrogens is 1. The molecule has 0 aliphatic rings. The maximum absolute atomic E-state index is 13.1. The summed E-state index contributed by atoms with van der Waals surface area (Å²) in [7, 11) is 3.39. The Bertz CT molecular complexity index is 1070. The van der Waals surface area contributed by atoms with Gasteiger partial charge in [0.1, 0.15) is 18.1 Å². The van der Waals surface area contributed by atoms with Crippen LogP contribution in [0.25, 0.3) is 0 Å². The van der Waals surface area contributed by atoms with Crippen LogP contribution in [0.5, 0.6) is 5.75 Å². The smallest absolute Gasteiger partial charge is 0.416 e. The van der Waals surface area contributed by atoms with E-state index in [1.807, 2.05) is 13.8 Å². The Balaban J connectivity index is 1.65. The molecule has 9 heteroatoms. The molecule has 0 unspecified atom stereocenters. The molecule has 0 saturated heterocycles. The van der Waals surface area contributed by atoms with Gasteiger partial charge in [-0.3, -0.25) is 4.79 Å². The Kier molecular flexibility index (Phi) is 6.76. The van der Waals surface area contributed by atoms with Gasteiger partial charge in [0.25, 0.3) is 0 Å². The van der Waals surface area contributed by atoms with Gasteiger partial charge in [0.2, 0.25) is 5.91 Å². The van der Waals surface area contributed by atoms with Crippen molar-refractivity contribution in [3.05, 3.63) is 70.6 Å². The fraction of sp³-hybridized carbons (Fsp3) is 0.304. The van der Waals surface area contributed by atoms with E-state index >= 15 is 0 Å². The number of carbonyl (C=O) groups excluding carboxylic acids is 1. The predicted molar refractivity (Wildman–Crippen MR) is 115 cm³/mol. The molecule has 0 fully saturated rings. The van der Waals surface area contributed by atoms with E-state index in [9.17, 15) is 18.0 Å². The first kappa shape index (κ1) is 23.2. The van der Waals surface area contributed by atoms with Gasteiger partial charge >= 0.3 is 6.18 Å². The van der Waals surface area contributed by atoms with Crippen molar-refractivity contribution >= 4 is 17.3 Å². The minimum absolute atomic E-state index is 0.00720. The molecule has 2 aromatic carbocycles. The van der Waals surface area contributed by atoms with Gasteiger partial charge < -0.3 is 19.5 Å². The minimum atomic E-state index is -4.50. The molecule has 1 amide bonds. The highest BCUT2D eigenvalue weighted by Crippen LogP contribution is 2.35. The maximum atomic E-state index is 13.1. The van der Waals surface area contributed by atoms with Gasteiger partial charge in [0.05, 0.1) is 34.6 Å². The first-order chi connectivity index (χ1) is 15.0. The Morgan fingerprint density at radius 2 is 1.81 bits per heavy atom. The van der Waals surface area contributed by atoms with E-state index in [-0.39, 0.29) is 12.1 Å². The van der Waals surface area contributed by atoms with Crippen LogP contribution in [-0.2, 0) is 24.0 Å². The average Bonchev–Trinajstić information content (AvgIpc) is 3.04. The molecular formula is C23H24F3N3O3. The number of aryl methyl sites for hydroxylation is 2. The summed E-state index contributed by atoms with van der Waals surface area (Å²) >= 11 is 0. The number of amides is 1. The molecule has 0 aliphatic heterocycles. The maximum Gasteiger partial charge on any atom is 0.416 e. The number of benzene rings is 2. The second-order valence-electron chi connectivity index (χ2n) is 7.58. The lowest BCUT2D eigenvalue weighted by molar-refractivity contribution is -0.137. The monoisotopic (exact) mass is 447 g/mol. The quantitative estimate of drug-likeness (QED) is 0.544. The number of hydrogen-bond donors (Lipinski definition) is 1. The van der Waals surface area contributed by atoms with Crippen molar-refractivity contribution in [1.82, 2.24) is 5.16 Å².